The zero-order valence-electron chi connectivity index (χ0n) is 28.9. The first-order valence-corrected chi connectivity index (χ1v) is 17.5. The van der Waals surface area contributed by atoms with Crippen LogP contribution in [0, 0.1) is 5.82 Å². The number of allylic oxidation sites excluding steroid dienone is 6. The number of carbonyl (C=O) groups is 1. The number of halogens is 2. The van der Waals surface area contributed by atoms with Crippen molar-refractivity contribution in [2.24, 2.45) is 4.99 Å². The van der Waals surface area contributed by atoms with E-state index in [1.54, 1.807) is 26.1 Å². The minimum atomic E-state index is -1.56. The first-order valence-electron chi connectivity index (χ1n) is 17.5. The third kappa shape index (κ3) is 8.99. The summed E-state index contributed by atoms with van der Waals surface area (Å²) >= 11 is 0. The van der Waals surface area contributed by atoms with Crippen LogP contribution < -0.4 is 21.3 Å². The van der Waals surface area contributed by atoms with Crippen molar-refractivity contribution in [1.82, 2.24) is 19.4 Å². The van der Waals surface area contributed by atoms with Gasteiger partial charge in [-0.2, -0.15) is 0 Å². The second-order valence-electron chi connectivity index (χ2n) is 13.3. The van der Waals surface area contributed by atoms with Gasteiger partial charge in [0.05, 0.1) is 18.8 Å². The molecule has 6 rings (SSSR count). The maximum absolute atomic E-state index is 15.5. The second kappa shape index (κ2) is 16.3. The number of piperidine rings is 1. The summed E-state index contributed by atoms with van der Waals surface area (Å²) < 4.78 is 43.1. The summed E-state index contributed by atoms with van der Waals surface area (Å²) in [5.41, 5.74) is 0.756. The molecule has 1 unspecified atom stereocenters. The molecule has 3 heterocycles. The van der Waals surface area contributed by atoms with Crippen molar-refractivity contribution in [2.45, 2.75) is 71.1 Å². The number of aliphatic imine (C=N–C) groups is 1. The fraction of sp³-hybridized carbons (Fsp3) is 0.385. The van der Waals surface area contributed by atoms with Gasteiger partial charge >= 0.3 is 5.69 Å². The monoisotopic (exact) mass is 699 g/mol. The first-order chi connectivity index (χ1) is 24.6. The van der Waals surface area contributed by atoms with Crippen molar-refractivity contribution in [3.63, 3.8) is 0 Å². The number of alkyl halides is 1. The van der Waals surface area contributed by atoms with Crippen molar-refractivity contribution in [3.8, 4) is 5.75 Å². The molecule has 1 aromatic heterocycles. The fourth-order valence-corrected chi connectivity index (χ4v) is 6.34. The van der Waals surface area contributed by atoms with E-state index in [4.69, 9.17) is 9.47 Å². The Kier molecular flexibility index (Phi) is 11.4. The lowest BCUT2D eigenvalue weighted by atomic mass is 10.1. The average Bonchev–Trinajstić information content (AvgIpc) is 3.32. The third-order valence-corrected chi connectivity index (χ3v) is 9.16. The highest BCUT2D eigenvalue weighted by atomic mass is 19.1. The number of hydrogen-bond acceptors (Lipinski definition) is 7. The van der Waals surface area contributed by atoms with Crippen LogP contribution in [-0.4, -0.2) is 58.6 Å². The van der Waals surface area contributed by atoms with Gasteiger partial charge in [-0.05, 0) is 93.8 Å². The van der Waals surface area contributed by atoms with Crippen molar-refractivity contribution in [1.29, 1.82) is 0 Å². The number of fused-ring (bicyclic) bond motifs is 1. The van der Waals surface area contributed by atoms with Gasteiger partial charge < -0.3 is 19.7 Å². The molecule has 0 radical (unpaired) electrons. The highest BCUT2D eigenvalue weighted by molar-refractivity contribution is 5.94. The molecule has 1 saturated heterocycles. The number of hydrogen-bond donors (Lipinski definition) is 1. The molecular weight excluding hydrogens is 656 g/mol. The maximum atomic E-state index is 15.5. The van der Waals surface area contributed by atoms with Gasteiger partial charge in [-0.15, -0.1) is 0 Å². The van der Waals surface area contributed by atoms with Gasteiger partial charge in [0.1, 0.15) is 28.6 Å². The molecule has 0 spiro atoms. The molecule has 1 atom stereocenters. The fourth-order valence-electron chi connectivity index (χ4n) is 6.34. The molecule has 51 heavy (non-hydrogen) atoms. The summed E-state index contributed by atoms with van der Waals surface area (Å²) in [7, 11) is 0. The number of amides is 1. The Labute approximate surface area is 295 Å². The van der Waals surface area contributed by atoms with Crippen molar-refractivity contribution in [3.05, 3.63) is 127 Å². The number of benzene rings is 2. The van der Waals surface area contributed by atoms with Crippen LogP contribution in [0.5, 0.6) is 5.75 Å². The molecule has 1 N–H and O–H groups in total. The number of likely N-dealkylation sites (tertiary alicyclic amines) is 1. The number of nitrogens with one attached hydrogen (secondary N) is 1. The van der Waals surface area contributed by atoms with E-state index in [1.807, 2.05) is 18.2 Å². The van der Waals surface area contributed by atoms with Gasteiger partial charge in [0, 0.05) is 49.6 Å². The largest absolute Gasteiger partial charge is 0.493 e. The smallest absolute Gasteiger partial charge is 0.331 e. The Balaban J connectivity index is 1.08. The Morgan fingerprint density at radius 1 is 1.04 bits per heavy atom. The Hall–Kier alpha value is -5.10. The minimum absolute atomic E-state index is 0.0831. The summed E-state index contributed by atoms with van der Waals surface area (Å²) in [5.74, 6) is 0.122. The van der Waals surface area contributed by atoms with Crippen LogP contribution >= 0.6 is 0 Å². The molecular formula is C39H43F2N5O5. The van der Waals surface area contributed by atoms with E-state index in [0.29, 0.717) is 24.4 Å². The average molecular weight is 700 g/mol. The molecule has 2 aliphatic heterocycles. The summed E-state index contributed by atoms with van der Waals surface area (Å²) in [4.78, 5) is 46.9. The highest BCUT2D eigenvalue weighted by Gasteiger charge is 2.25. The summed E-state index contributed by atoms with van der Waals surface area (Å²) in [6.45, 7) is 7.36. The van der Waals surface area contributed by atoms with Crippen LogP contribution in [0.1, 0.15) is 73.5 Å². The van der Waals surface area contributed by atoms with E-state index in [-0.39, 0.29) is 36.0 Å². The first kappa shape index (κ1) is 35.7. The maximum Gasteiger partial charge on any atom is 0.331 e. The van der Waals surface area contributed by atoms with Crippen LogP contribution in [0.3, 0.4) is 0 Å². The van der Waals surface area contributed by atoms with Crippen LogP contribution in [0.2, 0.25) is 0 Å². The number of ether oxygens (including phenoxy) is 2. The quantitative estimate of drug-likeness (QED) is 0.228. The number of nitrogens with zero attached hydrogens (tertiary/aromatic N) is 4. The molecule has 3 aliphatic rings. The SMILES string of the molecule is CC(C)n1cc(C(=O)NC2=CC=C(OC3=CC=Nc4cc(OCCCN5CCCCC5)ccc4C3)C(F)C2)c(=O)n(Cc2ccc(F)cc2)c1=O. The standard InChI is InChI=1S/C39H43F2N5O5/c1-26(2)45-25-33(38(48)46(39(45)49)24-27-7-10-29(40)11-8-27)37(47)43-30-12-14-36(34(41)22-30)51-32-15-16-42-35-23-31(13-9-28(35)21-32)50-20-6-19-44-17-4-3-5-18-44/h7-16,23,25-26,34H,3-6,17-22,24H2,1-2H3,(H,43,47). The molecule has 1 aliphatic carbocycles. The zero-order chi connectivity index (χ0) is 35.9. The van der Waals surface area contributed by atoms with Gasteiger partial charge in [-0.3, -0.25) is 23.7 Å². The molecule has 2 aromatic carbocycles. The number of aromatic nitrogens is 2. The van der Waals surface area contributed by atoms with Crippen molar-refractivity contribution >= 4 is 17.8 Å². The Morgan fingerprint density at radius 2 is 1.82 bits per heavy atom. The lowest BCUT2D eigenvalue weighted by Crippen LogP contribution is -2.44. The predicted octanol–water partition coefficient (Wildman–Crippen LogP) is 6.13. The van der Waals surface area contributed by atoms with Crippen molar-refractivity contribution in [2.75, 3.05) is 26.2 Å². The molecule has 0 saturated carbocycles. The molecule has 1 fully saturated rings. The highest BCUT2D eigenvalue weighted by Crippen LogP contribution is 2.31. The van der Waals surface area contributed by atoms with Gasteiger partial charge in [-0.1, -0.05) is 24.6 Å². The molecule has 1 amide bonds. The number of carbonyl (C=O) groups excluding carboxylic acids is 1. The lowest BCUT2D eigenvalue weighted by molar-refractivity contribution is 0.0958. The Bertz CT molecular complexity index is 1990. The molecule has 12 heteroatoms. The molecule has 0 bridgehead atoms. The van der Waals surface area contributed by atoms with E-state index in [1.165, 1.54) is 79.5 Å². The zero-order valence-corrected chi connectivity index (χ0v) is 28.9. The predicted molar refractivity (Wildman–Crippen MR) is 192 cm³/mol. The van der Waals surface area contributed by atoms with Gasteiger partial charge in [0.25, 0.3) is 11.5 Å². The van der Waals surface area contributed by atoms with E-state index >= 15 is 4.39 Å². The number of rotatable bonds is 12. The van der Waals surface area contributed by atoms with E-state index < -0.39 is 29.1 Å². The van der Waals surface area contributed by atoms with E-state index in [2.05, 4.69) is 15.2 Å². The molecule has 10 nitrogen and oxygen atoms in total. The molecule has 268 valence electrons. The molecule has 3 aromatic rings. The normalized spacial score (nSPS) is 17.6. The topological polar surface area (TPSA) is 107 Å². The minimum Gasteiger partial charge on any atom is -0.493 e. The lowest BCUT2D eigenvalue weighted by Gasteiger charge is -2.26. The second-order valence-corrected chi connectivity index (χ2v) is 13.3. The van der Waals surface area contributed by atoms with E-state index in [0.717, 1.165) is 34.5 Å². The van der Waals surface area contributed by atoms with Crippen LogP contribution in [0.4, 0.5) is 14.5 Å². The third-order valence-electron chi connectivity index (χ3n) is 9.16. The van der Waals surface area contributed by atoms with Crippen LogP contribution in [0.15, 0.2) is 98.7 Å². The van der Waals surface area contributed by atoms with Crippen LogP contribution in [-0.2, 0) is 17.7 Å². The summed E-state index contributed by atoms with van der Waals surface area (Å²) in [6.07, 6.45) is 11.0. The van der Waals surface area contributed by atoms with Crippen molar-refractivity contribution < 1.29 is 23.0 Å². The summed E-state index contributed by atoms with van der Waals surface area (Å²) in [6, 6.07) is 10.8. The van der Waals surface area contributed by atoms with Gasteiger partial charge in [-0.25, -0.2) is 13.6 Å². The van der Waals surface area contributed by atoms with Gasteiger partial charge in [0.2, 0.25) is 0 Å². The summed E-state index contributed by atoms with van der Waals surface area (Å²) in [5, 5.41) is 2.63. The van der Waals surface area contributed by atoms with Gasteiger partial charge in [0.15, 0.2) is 6.17 Å². The van der Waals surface area contributed by atoms with E-state index in [9.17, 15) is 18.8 Å². The Morgan fingerprint density at radius 3 is 2.57 bits per heavy atom. The van der Waals surface area contributed by atoms with Crippen LogP contribution in [0.25, 0.3) is 0 Å².